The molecular formula is C32H56O2. The molecular weight excluding hydrogens is 416 g/mol. The highest BCUT2D eigenvalue weighted by atomic mass is 16.5. The van der Waals surface area contributed by atoms with Crippen molar-refractivity contribution in [3.63, 3.8) is 0 Å². The first-order chi connectivity index (χ1) is 16.0. The number of carbonyl (C=O) groups excluding carboxylic acids is 1. The molecule has 2 heteroatoms. The lowest BCUT2D eigenvalue weighted by atomic mass is 9.44. The van der Waals surface area contributed by atoms with E-state index in [1.54, 1.807) is 6.92 Å². The predicted octanol–water partition coefficient (Wildman–Crippen LogP) is 8.92. The van der Waals surface area contributed by atoms with Crippen molar-refractivity contribution < 1.29 is 9.53 Å². The van der Waals surface area contributed by atoms with E-state index < -0.39 is 0 Å². The summed E-state index contributed by atoms with van der Waals surface area (Å²) in [5, 5.41) is 0. The summed E-state index contributed by atoms with van der Waals surface area (Å²) < 4.78 is 5.68. The summed E-state index contributed by atoms with van der Waals surface area (Å²) in [5.41, 5.74) is 1.05. The molecule has 0 amide bonds. The highest BCUT2D eigenvalue weighted by Crippen LogP contribution is 2.68. The van der Waals surface area contributed by atoms with Crippen LogP contribution in [0.3, 0.4) is 0 Å². The lowest BCUT2D eigenvalue weighted by Gasteiger charge is -2.61. The van der Waals surface area contributed by atoms with Gasteiger partial charge >= 0.3 is 5.97 Å². The third-order valence-corrected chi connectivity index (χ3v) is 12.4. The van der Waals surface area contributed by atoms with Crippen LogP contribution in [0.1, 0.15) is 126 Å². The maximum absolute atomic E-state index is 11.6. The fourth-order valence-electron chi connectivity index (χ4n) is 10.6. The summed E-state index contributed by atoms with van der Waals surface area (Å²) in [7, 11) is 0. The van der Waals surface area contributed by atoms with Gasteiger partial charge in [0.05, 0.1) is 0 Å². The van der Waals surface area contributed by atoms with Gasteiger partial charge in [0.2, 0.25) is 0 Å². The van der Waals surface area contributed by atoms with Crippen LogP contribution in [0.25, 0.3) is 0 Å². The number of esters is 1. The highest BCUT2D eigenvalue weighted by Gasteiger charge is 2.60. The monoisotopic (exact) mass is 472 g/mol. The van der Waals surface area contributed by atoms with E-state index >= 15 is 0 Å². The van der Waals surface area contributed by atoms with Gasteiger partial charge in [0.25, 0.3) is 0 Å². The first-order valence-electron chi connectivity index (χ1n) is 15.1. The van der Waals surface area contributed by atoms with Crippen LogP contribution < -0.4 is 0 Å². The van der Waals surface area contributed by atoms with Gasteiger partial charge in [-0.2, -0.15) is 0 Å². The van der Waals surface area contributed by atoms with Crippen LogP contribution in [-0.4, -0.2) is 12.1 Å². The molecule has 0 saturated heterocycles. The Morgan fingerprint density at radius 2 is 1.47 bits per heavy atom. The Kier molecular flexibility index (Phi) is 7.87. The zero-order valence-corrected chi connectivity index (χ0v) is 23.9. The zero-order valence-electron chi connectivity index (χ0n) is 23.9. The van der Waals surface area contributed by atoms with Crippen LogP contribution in [0.4, 0.5) is 0 Å². The standard InChI is InChI=1S/C32H56O2/c1-20(2)26(21(3)4)11-9-22(5)28-13-14-29-27-12-10-24-19-25(34-23(6)33)15-17-31(24,7)30(27)16-18-32(28,29)8/h20-22,24-30H,9-19H2,1-8H3/t22-,24+,25+,27+,28-,29+,30+,31+,32-/m1/s1. The Labute approximate surface area is 211 Å². The first kappa shape index (κ1) is 26.5. The summed E-state index contributed by atoms with van der Waals surface area (Å²) in [6.07, 6.45) is 15.2. The fourth-order valence-corrected chi connectivity index (χ4v) is 10.6. The van der Waals surface area contributed by atoms with Gasteiger partial charge in [-0.1, -0.05) is 54.9 Å². The molecule has 0 unspecified atom stereocenters. The third-order valence-electron chi connectivity index (χ3n) is 12.4. The largest absolute Gasteiger partial charge is 0.463 e. The lowest BCUT2D eigenvalue weighted by Crippen LogP contribution is -2.54. The number of hydrogen-bond donors (Lipinski definition) is 0. The fraction of sp³-hybridized carbons (Fsp3) is 0.969. The minimum absolute atomic E-state index is 0.0880. The quantitative estimate of drug-likeness (QED) is 0.346. The zero-order chi connectivity index (χ0) is 24.8. The van der Waals surface area contributed by atoms with Crippen LogP contribution in [0.15, 0.2) is 0 Å². The van der Waals surface area contributed by atoms with Crippen molar-refractivity contribution in [2.24, 2.45) is 64.1 Å². The number of rotatable bonds is 7. The molecule has 9 atom stereocenters. The molecule has 0 heterocycles. The Morgan fingerprint density at radius 3 is 2.12 bits per heavy atom. The van der Waals surface area contributed by atoms with E-state index in [1.165, 1.54) is 57.8 Å². The number of fused-ring (bicyclic) bond motifs is 5. The van der Waals surface area contributed by atoms with Crippen molar-refractivity contribution in [1.82, 2.24) is 0 Å². The lowest BCUT2D eigenvalue weighted by molar-refractivity contribution is -0.160. The first-order valence-corrected chi connectivity index (χ1v) is 15.1. The molecule has 4 rings (SSSR count). The maximum atomic E-state index is 11.6. The van der Waals surface area contributed by atoms with Crippen molar-refractivity contribution in [2.75, 3.05) is 0 Å². The van der Waals surface area contributed by atoms with Gasteiger partial charge in [-0.25, -0.2) is 0 Å². The molecule has 0 aromatic rings. The van der Waals surface area contributed by atoms with E-state index in [1.807, 2.05) is 0 Å². The van der Waals surface area contributed by atoms with E-state index in [2.05, 4.69) is 48.5 Å². The predicted molar refractivity (Wildman–Crippen MR) is 142 cm³/mol. The second-order valence-corrected chi connectivity index (χ2v) is 14.6. The summed E-state index contributed by atoms with van der Waals surface area (Å²) in [4.78, 5) is 11.6. The number of hydrogen-bond acceptors (Lipinski definition) is 2. The minimum atomic E-state index is -0.0880. The molecule has 0 spiro atoms. The van der Waals surface area contributed by atoms with Gasteiger partial charge < -0.3 is 4.74 Å². The van der Waals surface area contributed by atoms with Gasteiger partial charge in [0.15, 0.2) is 0 Å². The van der Waals surface area contributed by atoms with Crippen LogP contribution in [-0.2, 0) is 9.53 Å². The highest BCUT2D eigenvalue weighted by molar-refractivity contribution is 5.66. The summed E-state index contributed by atoms with van der Waals surface area (Å²) >= 11 is 0. The van der Waals surface area contributed by atoms with Crippen molar-refractivity contribution in [3.05, 3.63) is 0 Å². The van der Waals surface area contributed by atoms with Crippen molar-refractivity contribution in [3.8, 4) is 0 Å². The van der Waals surface area contributed by atoms with E-state index in [0.29, 0.717) is 10.8 Å². The van der Waals surface area contributed by atoms with Crippen LogP contribution in [0, 0.1) is 64.1 Å². The van der Waals surface area contributed by atoms with Gasteiger partial charge in [0.1, 0.15) is 6.10 Å². The Morgan fingerprint density at radius 1 is 0.824 bits per heavy atom. The number of ether oxygens (including phenoxy) is 1. The van der Waals surface area contributed by atoms with E-state index in [-0.39, 0.29) is 12.1 Å². The van der Waals surface area contributed by atoms with Crippen LogP contribution in [0.2, 0.25) is 0 Å². The average molecular weight is 473 g/mol. The smallest absolute Gasteiger partial charge is 0.302 e. The van der Waals surface area contributed by atoms with Crippen LogP contribution in [0.5, 0.6) is 0 Å². The summed E-state index contributed by atoms with van der Waals surface area (Å²) in [6, 6.07) is 0. The molecule has 0 radical (unpaired) electrons. The number of carbonyl (C=O) groups is 1. The molecule has 0 aromatic heterocycles. The molecule has 2 nitrogen and oxygen atoms in total. The Hall–Kier alpha value is -0.530. The molecule has 0 bridgehead atoms. The summed E-state index contributed by atoms with van der Waals surface area (Å²) in [6.45, 7) is 19.3. The van der Waals surface area contributed by atoms with Gasteiger partial charge in [-0.05, 0) is 128 Å². The second-order valence-electron chi connectivity index (χ2n) is 14.6. The second kappa shape index (κ2) is 10.1. The minimum Gasteiger partial charge on any atom is -0.463 e. The average Bonchev–Trinajstić information content (AvgIpc) is 3.10. The van der Waals surface area contributed by atoms with Gasteiger partial charge in [-0.15, -0.1) is 0 Å². The van der Waals surface area contributed by atoms with Crippen LogP contribution >= 0.6 is 0 Å². The summed E-state index contributed by atoms with van der Waals surface area (Å²) in [5.74, 6) is 7.77. The maximum Gasteiger partial charge on any atom is 0.302 e. The van der Waals surface area contributed by atoms with Crippen molar-refractivity contribution >= 4 is 5.97 Å². The van der Waals surface area contributed by atoms with Gasteiger partial charge in [-0.3, -0.25) is 4.79 Å². The molecule has 4 fully saturated rings. The molecule has 34 heavy (non-hydrogen) atoms. The molecule has 0 aromatic carbocycles. The Bertz CT molecular complexity index is 704. The molecule has 4 aliphatic rings. The molecule has 4 aliphatic carbocycles. The van der Waals surface area contributed by atoms with Gasteiger partial charge in [0, 0.05) is 6.92 Å². The van der Waals surface area contributed by atoms with Crippen molar-refractivity contribution in [1.29, 1.82) is 0 Å². The van der Waals surface area contributed by atoms with Crippen molar-refractivity contribution in [2.45, 2.75) is 132 Å². The van der Waals surface area contributed by atoms with E-state index in [9.17, 15) is 4.79 Å². The SMILES string of the molecule is CC(=O)O[C@H]1CC[C@@]2(C)[C@@H](CC[C@@H]3[C@@H]2CC[C@]2(C)[C@@H]([C@H](C)CCC(C(C)C)C(C)C)CC[C@@H]32)C1. The third kappa shape index (κ3) is 4.74. The Balaban J connectivity index is 1.42. The topological polar surface area (TPSA) is 26.3 Å². The molecule has 196 valence electrons. The molecule has 4 saturated carbocycles. The molecule has 0 aliphatic heterocycles. The van der Waals surface area contributed by atoms with E-state index in [0.717, 1.165) is 66.1 Å². The van der Waals surface area contributed by atoms with E-state index in [4.69, 9.17) is 4.74 Å². The normalized spacial score (nSPS) is 42.9. The molecule has 0 N–H and O–H groups in total.